The van der Waals surface area contributed by atoms with Crippen LogP contribution in [0.3, 0.4) is 0 Å². The molecule has 0 bridgehead atoms. The molecule has 0 atom stereocenters. The number of benzene rings is 2. The fraction of sp³-hybridized carbons (Fsp3) is 0.192. The van der Waals surface area contributed by atoms with E-state index in [-0.39, 0.29) is 20.0 Å². The third kappa shape index (κ3) is 5.86. The van der Waals surface area contributed by atoms with Crippen molar-refractivity contribution in [3.63, 3.8) is 0 Å². The minimum atomic E-state index is -4.15. The Kier molecular flexibility index (Phi) is 8.31. The minimum absolute atomic E-state index is 0.0790. The second kappa shape index (κ2) is 11.4. The maximum atomic E-state index is 14.8. The predicted molar refractivity (Wildman–Crippen MR) is 153 cm³/mol. The summed E-state index contributed by atoms with van der Waals surface area (Å²) < 4.78 is 49.4. The summed E-state index contributed by atoms with van der Waals surface area (Å²) in [4.78, 5) is 12.4. The van der Waals surface area contributed by atoms with Crippen molar-refractivity contribution in [1.82, 2.24) is 9.29 Å². The Morgan fingerprint density at radius 2 is 1.92 bits per heavy atom. The van der Waals surface area contributed by atoms with E-state index in [2.05, 4.69) is 4.57 Å². The van der Waals surface area contributed by atoms with Crippen molar-refractivity contribution >= 4 is 84.6 Å². The van der Waals surface area contributed by atoms with Gasteiger partial charge in [-0.3, -0.25) is 4.79 Å². The van der Waals surface area contributed by atoms with Crippen LogP contribution in [0.2, 0.25) is 19.4 Å². The topological polar surface area (TPSA) is 77.4 Å². The number of carbonyl (C=O) groups excluding carboxylic acids is 1. The molecule has 1 aliphatic rings. The van der Waals surface area contributed by atoms with Crippen molar-refractivity contribution in [1.29, 1.82) is 0 Å². The maximum absolute atomic E-state index is 14.8. The molecule has 2 aromatic carbocycles. The Morgan fingerprint density at radius 3 is 2.67 bits per heavy atom. The molecule has 39 heavy (non-hydrogen) atoms. The van der Waals surface area contributed by atoms with Crippen LogP contribution in [0, 0.1) is 5.82 Å². The summed E-state index contributed by atoms with van der Waals surface area (Å²) in [5, 5.41) is 1.67. The van der Waals surface area contributed by atoms with Crippen LogP contribution in [-0.4, -0.2) is 25.5 Å². The Bertz CT molecular complexity index is 1730. The number of nitrogens with one attached hydrogen (secondary N) is 1. The molecule has 1 N–H and O–H groups in total. The molecule has 0 aliphatic carbocycles. The maximum Gasteiger partial charge on any atom is 0.273 e. The molecule has 0 fully saturated rings. The molecule has 0 unspecified atom stereocenters. The average Bonchev–Trinajstić information content (AvgIpc) is 3.39. The van der Waals surface area contributed by atoms with Crippen molar-refractivity contribution in [2.24, 2.45) is 0 Å². The molecule has 1 amide bonds. The first-order valence-electron chi connectivity index (χ1n) is 11.6. The summed E-state index contributed by atoms with van der Waals surface area (Å²) in [6, 6.07) is 9.46. The number of thiophene rings is 1. The molecule has 2 aromatic heterocycles. The number of hydrogen-bond acceptors (Lipinski definition) is 5. The zero-order chi connectivity index (χ0) is 27.9. The fourth-order valence-corrected chi connectivity index (χ4v) is 7.79. The van der Waals surface area contributed by atoms with Gasteiger partial charge in [-0.15, -0.1) is 11.3 Å². The molecular weight excluding hydrogens is 629 g/mol. The number of amides is 1. The molecule has 4 aromatic rings. The summed E-state index contributed by atoms with van der Waals surface area (Å²) in [5.74, 6) is -1.30. The van der Waals surface area contributed by atoms with Crippen molar-refractivity contribution in [3.8, 4) is 0 Å². The van der Waals surface area contributed by atoms with E-state index in [9.17, 15) is 17.6 Å². The molecule has 3 heterocycles. The summed E-state index contributed by atoms with van der Waals surface area (Å²) in [6.45, 7) is 1.27. The van der Waals surface area contributed by atoms with Crippen LogP contribution in [0.1, 0.15) is 22.4 Å². The van der Waals surface area contributed by atoms with Crippen molar-refractivity contribution in [2.45, 2.75) is 30.2 Å². The Balaban J connectivity index is 1.47. The molecule has 1 aliphatic heterocycles. The highest BCUT2D eigenvalue weighted by Crippen LogP contribution is 2.36. The lowest BCUT2D eigenvalue weighted by Crippen LogP contribution is -2.28. The van der Waals surface area contributed by atoms with Crippen LogP contribution in [0.5, 0.6) is 0 Å². The van der Waals surface area contributed by atoms with Gasteiger partial charge in [0.2, 0.25) is 0 Å². The van der Waals surface area contributed by atoms with E-state index in [4.69, 9.17) is 51.1 Å². The van der Waals surface area contributed by atoms with E-state index < -0.39 is 21.7 Å². The lowest BCUT2D eigenvalue weighted by atomic mass is 10.0. The van der Waals surface area contributed by atoms with E-state index in [0.29, 0.717) is 47.2 Å². The number of ether oxygens (including phenoxy) is 1. The smallest absolute Gasteiger partial charge is 0.273 e. The number of carbonyl (C=O) groups is 1. The number of aromatic nitrogens is 1. The second-order valence-corrected chi connectivity index (χ2v) is 13.5. The molecular formula is C26H19Cl4FN2O4S2. The van der Waals surface area contributed by atoms with E-state index in [1.807, 2.05) is 16.9 Å². The van der Waals surface area contributed by atoms with Gasteiger partial charge in [0.15, 0.2) is 0 Å². The number of sulfonamides is 1. The fourth-order valence-electron chi connectivity index (χ4n) is 4.59. The predicted octanol–water partition coefficient (Wildman–Crippen LogP) is 7.18. The third-order valence-electron chi connectivity index (χ3n) is 6.24. The second-order valence-electron chi connectivity index (χ2n) is 8.75. The minimum Gasteiger partial charge on any atom is -0.376 e. The van der Waals surface area contributed by atoms with Gasteiger partial charge in [0.1, 0.15) is 14.4 Å². The molecule has 204 valence electrons. The highest BCUT2D eigenvalue weighted by molar-refractivity contribution is 7.92. The summed E-state index contributed by atoms with van der Waals surface area (Å²) >= 11 is 25.1. The lowest BCUT2D eigenvalue weighted by molar-refractivity contribution is -0.114. The molecule has 0 spiro atoms. The standard InChI is InChI=1S/C26H19Cl4FN2O4S2/c27-19-5-1-4-15(24(19)29)12-33-21-7-8-37-13-18(21)17-10-16(31)9-14(25(17)33)3-2-6-22(34)32-39(35,36)23-11-20(28)26(30)38-23/h1-2,4-6,9-11H,3,7-8,12-13H2,(H,32,34)/b6-2+. The van der Waals surface area contributed by atoms with E-state index in [1.165, 1.54) is 24.3 Å². The SMILES string of the molecule is O=C(/C=C/Cc1cc(F)cc2c3c(n(Cc4cccc(Cl)c4Cl)c12)CCOC3)NS(=O)(=O)c1cc(Cl)c(Cl)s1. The Hall–Kier alpha value is -2.11. The average molecular weight is 648 g/mol. The number of halogens is 5. The summed E-state index contributed by atoms with van der Waals surface area (Å²) in [5.41, 5.74) is 4.11. The normalized spacial score (nSPS) is 13.8. The largest absolute Gasteiger partial charge is 0.376 e. The van der Waals surface area contributed by atoms with Crippen LogP contribution in [0.25, 0.3) is 10.9 Å². The summed E-state index contributed by atoms with van der Waals surface area (Å²) in [6.07, 6.45) is 3.36. The van der Waals surface area contributed by atoms with Crippen LogP contribution in [0.4, 0.5) is 4.39 Å². The first kappa shape index (κ1) is 28.4. The van der Waals surface area contributed by atoms with Gasteiger partial charge in [-0.2, -0.15) is 0 Å². The lowest BCUT2D eigenvalue weighted by Gasteiger charge is -2.18. The van der Waals surface area contributed by atoms with Gasteiger partial charge < -0.3 is 9.30 Å². The summed E-state index contributed by atoms with van der Waals surface area (Å²) in [7, 11) is -4.15. The number of allylic oxidation sites excluding steroid dienone is 1. The van der Waals surface area contributed by atoms with Crippen LogP contribution < -0.4 is 4.72 Å². The zero-order valence-electron chi connectivity index (χ0n) is 19.9. The highest BCUT2D eigenvalue weighted by atomic mass is 35.5. The van der Waals surface area contributed by atoms with Gasteiger partial charge >= 0.3 is 0 Å². The van der Waals surface area contributed by atoms with Crippen molar-refractivity contribution in [3.05, 3.63) is 96.2 Å². The van der Waals surface area contributed by atoms with Gasteiger partial charge in [0.25, 0.3) is 15.9 Å². The number of nitrogens with zero attached hydrogens (tertiary/aromatic N) is 1. The highest BCUT2D eigenvalue weighted by Gasteiger charge is 2.24. The monoisotopic (exact) mass is 646 g/mol. The van der Waals surface area contributed by atoms with Gasteiger partial charge in [0, 0.05) is 35.7 Å². The van der Waals surface area contributed by atoms with E-state index >= 15 is 0 Å². The quantitative estimate of drug-likeness (QED) is 0.216. The number of hydrogen-bond donors (Lipinski definition) is 1. The van der Waals surface area contributed by atoms with Crippen LogP contribution in [0.15, 0.2) is 52.8 Å². The first-order chi connectivity index (χ1) is 18.5. The van der Waals surface area contributed by atoms with Crippen molar-refractivity contribution in [2.75, 3.05) is 6.61 Å². The number of fused-ring (bicyclic) bond motifs is 3. The molecule has 6 nitrogen and oxygen atoms in total. The third-order valence-corrected chi connectivity index (χ3v) is 10.8. The van der Waals surface area contributed by atoms with Gasteiger partial charge in [-0.05, 0) is 41.8 Å². The van der Waals surface area contributed by atoms with Crippen LogP contribution >= 0.6 is 57.7 Å². The molecule has 0 radical (unpaired) electrons. The molecule has 0 saturated heterocycles. The van der Waals surface area contributed by atoms with E-state index in [0.717, 1.165) is 39.8 Å². The molecule has 13 heteroatoms. The first-order valence-corrected chi connectivity index (χ1v) is 15.4. The van der Waals surface area contributed by atoms with Gasteiger partial charge in [-0.25, -0.2) is 17.5 Å². The Morgan fingerprint density at radius 1 is 1.13 bits per heavy atom. The molecule has 0 saturated carbocycles. The van der Waals surface area contributed by atoms with Crippen LogP contribution in [-0.2, 0) is 45.5 Å². The van der Waals surface area contributed by atoms with E-state index in [1.54, 1.807) is 6.07 Å². The zero-order valence-corrected chi connectivity index (χ0v) is 24.6. The molecule has 5 rings (SSSR count). The van der Waals surface area contributed by atoms with Gasteiger partial charge in [0.05, 0.1) is 33.8 Å². The van der Waals surface area contributed by atoms with Gasteiger partial charge in [-0.1, -0.05) is 64.6 Å². The number of rotatable bonds is 7. The Labute approximate surface area is 247 Å². The van der Waals surface area contributed by atoms with Crippen molar-refractivity contribution < 1.29 is 22.3 Å².